The molecule has 2 aliphatic heterocycles. The molecule has 1 unspecified atom stereocenters. The van der Waals surface area contributed by atoms with Crippen LogP contribution in [0.15, 0.2) is 36.5 Å². The number of pyridine rings is 1. The van der Waals surface area contributed by atoms with Crippen molar-refractivity contribution in [1.82, 2.24) is 4.98 Å². The first-order valence-corrected chi connectivity index (χ1v) is 11.3. The van der Waals surface area contributed by atoms with Crippen molar-refractivity contribution in [1.29, 1.82) is 0 Å². The molecule has 0 radical (unpaired) electrons. The number of aromatic nitrogens is 1. The Bertz CT molecular complexity index is 963. The number of ketones is 1. The molecule has 0 amide bonds. The van der Waals surface area contributed by atoms with Crippen molar-refractivity contribution in [2.75, 3.05) is 36.0 Å². The molecule has 32 heavy (non-hydrogen) atoms. The van der Waals surface area contributed by atoms with Gasteiger partial charge in [0.2, 0.25) is 0 Å². The predicted octanol–water partition coefficient (Wildman–Crippen LogP) is 3.92. The number of aliphatic hydroxyl groups is 1. The highest BCUT2D eigenvalue weighted by molar-refractivity contribution is 5.76. The number of rotatable bonds is 7. The van der Waals surface area contributed by atoms with E-state index in [1.807, 2.05) is 41.0 Å². The third kappa shape index (κ3) is 5.04. The molecule has 2 aliphatic rings. The van der Waals surface area contributed by atoms with E-state index in [1.54, 1.807) is 26.1 Å². The Balaban J connectivity index is 1.39. The summed E-state index contributed by atoms with van der Waals surface area (Å²) in [6, 6.07) is 9.61. The van der Waals surface area contributed by atoms with E-state index in [4.69, 9.17) is 4.74 Å². The Morgan fingerprint density at radius 1 is 1.28 bits per heavy atom. The van der Waals surface area contributed by atoms with E-state index in [0.29, 0.717) is 50.5 Å². The molecule has 1 aromatic heterocycles. The summed E-state index contributed by atoms with van der Waals surface area (Å²) < 4.78 is 21.5. The molecule has 0 bridgehead atoms. The molecule has 4 rings (SSSR count). The highest BCUT2D eigenvalue weighted by Crippen LogP contribution is 2.33. The van der Waals surface area contributed by atoms with Gasteiger partial charge in [0.1, 0.15) is 17.6 Å². The van der Waals surface area contributed by atoms with Crippen molar-refractivity contribution in [2.24, 2.45) is 0 Å². The molecular weight excluding hydrogens is 409 g/mol. The Morgan fingerprint density at radius 2 is 2.03 bits per heavy atom. The molecule has 1 N–H and O–H groups in total. The highest BCUT2D eigenvalue weighted by Gasteiger charge is 2.34. The van der Waals surface area contributed by atoms with Gasteiger partial charge in [0.25, 0.3) is 0 Å². The Hall–Kier alpha value is -2.67. The summed E-state index contributed by atoms with van der Waals surface area (Å²) in [5.74, 6) is 1.12. The molecule has 3 heterocycles. The maximum absolute atomic E-state index is 15.3. The number of halogens is 1. The lowest BCUT2D eigenvalue weighted by atomic mass is 9.96. The minimum atomic E-state index is -0.809. The number of carbonyl (C=O) groups excluding carboxylic acids is 1. The molecule has 172 valence electrons. The lowest BCUT2D eigenvalue weighted by Crippen LogP contribution is -2.31. The van der Waals surface area contributed by atoms with Crippen LogP contribution in [0.1, 0.15) is 51.5 Å². The van der Waals surface area contributed by atoms with Gasteiger partial charge in [-0.2, -0.15) is 0 Å². The topological polar surface area (TPSA) is 65.9 Å². The van der Waals surface area contributed by atoms with Crippen LogP contribution in [0.5, 0.6) is 5.75 Å². The number of nitrogens with zero attached hydrogens (tertiary/aromatic N) is 3. The lowest BCUT2D eigenvalue weighted by molar-refractivity contribution is -0.117. The molecule has 6 nitrogen and oxygen atoms in total. The third-order valence-electron chi connectivity index (χ3n) is 6.43. The van der Waals surface area contributed by atoms with Gasteiger partial charge in [-0.3, -0.25) is 0 Å². The van der Waals surface area contributed by atoms with Crippen LogP contribution in [-0.2, 0) is 4.79 Å². The van der Waals surface area contributed by atoms with Crippen LogP contribution < -0.4 is 14.5 Å². The van der Waals surface area contributed by atoms with Crippen molar-refractivity contribution in [3.8, 4) is 5.75 Å². The smallest absolute Gasteiger partial charge is 0.188 e. The van der Waals surface area contributed by atoms with Crippen molar-refractivity contribution >= 4 is 17.3 Å². The Kier molecular flexibility index (Phi) is 6.38. The van der Waals surface area contributed by atoms with E-state index in [-0.39, 0.29) is 23.6 Å². The quantitative estimate of drug-likeness (QED) is 0.703. The number of anilines is 2. The first kappa shape index (κ1) is 22.5. The molecule has 0 saturated carbocycles. The van der Waals surface area contributed by atoms with E-state index in [2.05, 4.69) is 4.98 Å². The van der Waals surface area contributed by atoms with Crippen LogP contribution in [0.4, 0.5) is 15.9 Å². The average molecular weight is 442 g/mol. The van der Waals surface area contributed by atoms with Crippen molar-refractivity contribution < 1.29 is 19.0 Å². The molecule has 0 aliphatic carbocycles. The second-order valence-corrected chi connectivity index (χ2v) is 9.49. The molecule has 2 fully saturated rings. The van der Waals surface area contributed by atoms with Crippen LogP contribution >= 0.6 is 0 Å². The van der Waals surface area contributed by atoms with Crippen LogP contribution in [0, 0.1) is 5.82 Å². The second kappa shape index (κ2) is 9.06. The van der Waals surface area contributed by atoms with Gasteiger partial charge in [0, 0.05) is 38.7 Å². The Labute approximate surface area is 189 Å². The average Bonchev–Trinajstić information content (AvgIpc) is 3.34. The minimum Gasteiger partial charge on any atom is -0.489 e. The number of carbonyl (C=O) groups is 1. The first-order valence-electron chi connectivity index (χ1n) is 11.3. The molecule has 3 atom stereocenters. The monoisotopic (exact) mass is 441 g/mol. The minimum absolute atomic E-state index is 0.0287. The number of β-amino-alcohol motifs (C(OH)–C–C–N with tert-alkyl or cyclic N) is 1. The van der Waals surface area contributed by atoms with E-state index >= 15 is 4.39 Å². The molecule has 2 aromatic rings. The second-order valence-electron chi connectivity index (χ2n) is 9.49. The number of hydrogen-bond acceptors (Lipinski definition) is 6. The third-order valence-corrected chi connectivity index (χ3v) is 6.43. The summed E-state index contributed by atoms with van der Waals surface area (Å²) in [4.78, 5) is 19.4. The van der Waals surface area contributed by atoms with E-state index in [1.165, 1.54) is 0 Å². The fourth-order valence-electron chi connectivity index (χ4n) is 4.67. The molecule has 7 heteroatoms. The van der Waals surface area contributed by atoms with Crippen molar-refractivity contribution in [2.45, 2.75) is 57.7 Å². The normalized spacial score (nSPS) is 24.1. The first-order chi connectivity index (χ1) is 15.2. The number of benzene rings is 1. The summed E-state index contributed by atoms with van der Waals surface area (Å²) in [7, 11) is 0. The van der Waals surface area contributed by atoms with Crippen LogP contribution in [0.2, 0.25) is 0 Å². The van der Waals surface area contributed by atoms with Gasteiger partial charge >= 0.3 is 0 Å². The van der Waals surface area contributed by atoms with E-state index in [0.717, 1.165) is 17.7 Å². The van der Waals surface area contributed by atoms with Crippen molar-refractivity contribution in [3.05, 3.63) is 47.9 Å². The summed E-state index contributed by atoms with van der Waals surface area (Å²) >= 11 is 0. The van der Waals surface area contributed by atoms with Gasteiger partial charge in [0.05, 0.1) is 17.8 Å². The molecule has 0 spiro atoms. The fraction of sp³-hybridized carbons (Fsp3) is 0.520. The standard InChI is InChI=1S/C25H32FN3O3/c1-17(14-18(2)30)19-4-6-20(7-5-19)32-21-9-12-28(15-21)22-8-11-27-24(23(22)26)29-13-10-25(3,31)16-29/h4-8,11,17,21,31H,9-10,12-16H2,1-3H3/t17-,21-,25?/m1/s1. The summed E-state index contributed by atoms with van der Waals surface area (Å²) in [5, 5.41) is 10.2. The maximum Gasteiger partial charge on any atom is 0.188 e. The van der Waals surface area contributed by atoms with Crippen molar-refractivity contribution in [3.63, 3.8) is 0 Å². The summed E-state index contributed by atoms with van der Waals surface area (Å²) in [6.45, 7) is 7.71. The highest BCUT2D eigenvalue weighted by atomic mass is 19.1. The van der Waals surface area contributed by atoms with Gasteiger partial charge in [-0.1, -0.05) is 19.1 Å². The zero-order valence-corrected chi connectivity index (χ0v) is 19.1. The van der Waals surface area contributed by atoms with Gasteiger partial charge in [0.15, 0.2) is 11.6 Å². The lowest BCUT2D eigenvalue weighted by Gasteiger charge is -2.24. The van der Waals surface area contributed by atoms with E-state index in [9.17, 15) is 9.90 Å². The largest absolute Gasteiger partial charge is 0.489 e. The number of hydrogen-bond donors (Lipinski definition) is 1. The van der Waals surface area contributed by atoms with Crippen LogP contribution in [-0.4, -0.2) is 53.8 Å². The van der Waals surface area contributed by atoms with Gasteiger partial charge in [-0.15, -0.1) is 0 Å². The fourth-order valence-corrected chi connectivity index (χ4v) is 4.67. The Morgan fingerprint density at radius 3 is 2.69 bits per heavy atom. The van der Waals surface area contributed by atoms with Gasteiger partial charge < -0.3 is 24.4 Å². The number of ether oxygens (including phenoxy) is 1. The van der Waals surface area contributed by atoms with E-state index < -0.39 is 5.60 Å². The molecule has 2 saturated heterocycles. The summed E-state index contributed by atoms with van der Waals surface area (Å²) in [6.07, 6.45) is 3.55. The predicted molar refractivity (Wildman–Crippen MR) is 123 cm³/mol. The zero-order chi connectivity index (χ0) is 22.9. The summed E-state index contributed by atoms with van der Waals surface area (Å²) in [5.41, 5.74) is 0.838. The molecule has 1 aromatic carbocycles. The van der Waals surface area contributed by atoms with Gasteiger partial charge in [-0.25, -0.2) is 9.37 Å². The van der Waals surface area contributed by atoms with Crippen LogP contribution in [0.25, 0.3) is 0 Å². The maximum atomic E-state index is 15.3. The van der Waals surface area contributed by atoms with Crippen LogP contribution in [0.3, 0.4) is 0 Å². The zero-order valence-electron chi connectivity index (χ0n) is 19.1. The van der Waals surface area contributed by atoms with Gasteiger partial charge in [-0.05, 0) is 49.9 Å². The SMILES string of the molecule is CC(=O)C[C@@H](C)c1ccc(O[C@@H]2CCN(c3ccnc(N4CCC(C)(O)C4)c3F)C2)cc1. The molecular formula is C25H32FN3O3. The number of Topliss-reactive ketones (excluding diaryl/α,β-unsaturated/α-hetero) is 1.